The number of rotatable bonds is 5. The van der Waals surface area contributed by atoms with E-state index in [9.17, 15) is 0 Å². The van der Waals surface area contributed by atoms with Crippen molar-refractivity contribution < 1.29 is 0 Å². The number of hydrogen-bond acceptors (Lipinski definition) is 2. The van der Waals surface area contributed by atoms with Crippen molar-refractivity contribution in [3.8, 4) is 0 Å². The second-order valence-corrected chi connectivity index (χ2v) is 12.4. The molecule has 0 fully saturated rings. The van der Waals surface area contributed by atoms with Gasteiger partial charge in [0.1, 0.15) is 0 Å². The van der Waals surface area contributed by atoms with E-state index in [2.05, 4.69) is 151 Å². The van der Waals surface area contributed by atoms with E-state index in [4.69, 9.17) is 0 Å². The Labute approximate surface area is 191 Å². The van der Waals surface area contributed by atoms with Gasteiger partial charge in [-0.25, -0.2) is 0 Å². The van der Waals surface area contributed by atoms with Gasteiger partial charge in [-0.05, 0) is 0 Å². The number of anilines is 2. The molecular weight excluding hydrogens is 407 g/mol. The summed E-state index contributed by atoms with van der Waals surface area (Å²) in [6, 6.07) is 41.7. The molecule has 32 heavy (non-hydrogen) atoms. The molecule has 2 nitrogen and oxygen atoms in total. The van der Waals surface area contributed by atoms with E-state index in [0.29, 0.717) is 0 Å². The average Bonchev–Trinajstić information content (AvgIpc) is 3.26. The van der Waals surface area contributed by atoms with Gasteiger partial charge in [0.2, 0.25) is 0 Å². The van der Waals surface area contributed by atoms with Gasteiger partial charge in [0.25, 0.3) is 0 Å². The van der Waals surface area contributed by atoms with Crippen LogP contribution in [0.4, 0.5) is 11.4 Å². The molecule has 4 aromatic carbocycles. The van der Waals surface area contributed by atoms with Crippen LogP contribution in [0.3, 0.4) is 0 Å². The molecule has 5 rings (SSSR count). The molecule has 1 atom stereocenters. The van der Waals surface area contributed by atoms with Gasteiger partial charge < -0.3 is 0 Å². The summed E-state index contributed by atoms with van der Waals surface area (Å²) in [6.45, 7) is 4.75. The minimum atomic E-state index is -2.21. The maximum absolute atomic E-state index is 2.48. The van der Waals surface area contributed by atoms with Gasteiger partial charge in [-0.3, -0.25) is 0 Å². The van der Waals surface area contributed by atoms with E-state index in [1.807, 2.05) is 0 Å². The number of para-hydroxylation sites is 2. The monoisotopic (exact) mass is 436 g/mol. The average molecular weight is 437 g/mol. The van der Waals surface area contributed by atoms with Crippen LogP contribution in [-0.2, 0) is 0 Å². The van der Waals surface area contributed by atoms with Crippen LogP contribution in [0.2, 0.25) is 0 Å². The number of benzene rings is 4. The van der Waals surface area contributed by atoms with Crippen LogP contribution < -0.4 is 25.7 Å². The molecule has 0 aliphatic carbocycles. The van der Waals surface area contributed by atoms with Gasteiger partial charge in [0.05, 0.1) is 0 Å². The predicted octanol–water partition coefficient (Wildman–Crippen LogP) is 5.49. The van der Waals surface area contributed by atoms with Crippen LogP contribution in [0.1, 0.15) is 6.92 Å². The van der Waals surface area contributed by atoms with Crippen molar-refractivity contribution in [1.82, 2.24) is 0 Å². The second kappa shape index (κ2) is 8.65. The van der Waals surface area contributed by atoms with Crippen LogP contribution >= 0.6 is 7.26 Å². The molecule has 0 bridgehead atoms. The summed E-state index contributed by atoms with van der Waals surface area (Å²) in [5, 5.41) is 4.28. The quantitative estimate of drug-likeness (QED) is 0.382. The van der Waals surface area contributed by atoms with Crippen molar-refractivity contribution in [2.75, 3.05) is 16.5 Å². The molecule has 1 heterocycles. The Balaban J connectivity index is 1.63. The Kier molecular flexibility index (Phi) is 5.55. The molecule has 0 spiro atoms. The van der Waals surface area contributed by atoms with Crippen LogP contribution in [0.5, 0.6) is 0 Å². The first-order valence-electron chi connectivity index (χ1n) is 11.2. The van der Waals surface area contributed by atoms with E-state index in [1.165, 1.54) is 27.3 Å². The summed E-state index contributed by atoms with van der Waals surface area (Å²) < 4.78 is 0. The molecule has 0 N–H and O–H groups in total. The zero-order valence-corrected chi connectivity index (χ0v) is 19.6. The Morgan fingerprint density at radius 2 is 1.03 bits per heavy atom. The standard InChI is InChI=1S/C29H29N2P/c1-24-30(25-14-6-3-7-15-25)22-23-31(24)28-20-12-13-21-29(28)32(2,26-16-8-4-9-17-26)27-18-10-5-11-19-27/h3-24,32H,1-2H3. The van der Waals surface area contributed by atoms with Gasteiger partial charge in [-0.1, -0.05) is 0 Å². The van der Waals surface area contributed by atoms with Crippen LogP contribution in [0, 0.1) is 0 Å². The molecule has 1 aliphatic heterocycles. The Hall–Kier alpha value is -3.35. The SMILES string of the molecule is CC1N(c2ccccc2)C=CN1c1ccccc1[PH](C)(c1ccccc1)c1ccccc1. The molecule has 0 saturated carbocycles. The Bertz CT molecular complexity index is 1170. The van der Waals surface area contributed by atoms with E-state index in [0.717, 1.165) is 0 Å². The van der Waals surface area contributed by atoms with Crippen molar-refractivity contribution in [2.24, 2.45) is 0 Å². The fraction of sp³-hybridized carbons (Fsp3) is 0.103. The molecule has 0 aromatic heterocycles. The fourth-order valence-corrected chi connectivity index (χ4v) is 8.68. The van der Waals surface area contributed by atoms with Crippen LogP contribution in [0.15, 0.2) is 128 Å². The third-order valence-corrected chi connectivity index (χ3v) is 11.1. The molecule has 160 valence electrons. The molecule has 0 saturated heterocycles. The Morgan fingerprint density at radius 1 is 0.562 bits per heavy atom. The van der Waals surface area contributed by atoms with Crippen molar-refractivity contribution in [3.05, 3.63) is 128 Å². The number of hydrogen-bond donors (Lipinski definition) is 0. The predicted molar refractivity (Wildman–Crippen MR) is 142 cm³/mol. The minimum absolute atomic E-state index is 0.198. The van der Waals surface area contributed by atoms with Crippen molar-refractivity contribution in [2.45, 2.75) is 13.1 Å². The molecule has 1 aliphatic rings. The van der Waals surface area contributed by atoms with E-state index < -0.39 is 7.26 Å². The summed E-state index contributed by atoms with van der Waals surface area (Å²) >= 11 is 0. The third kappa shape index (κ3) is 3.51. The topological polar surface area (TPSA) is 6.48 Å². The van der Waals surface area contributed by atoms with Crippen LogP contribution in [0.25, 0.3) is 0 Å². The Morgan fingerprint density at radius 3 is 1.62 bits per heavy atom. The van der Waals surface area contributed by atoms with Gasteiger partial charge in [0.15, 0.2) is 0 Å². The normalized spacial score (nSPS) is 16.4. The van der Waals surface area contributed by atoms with Crippen LogP contribution in [-0.4, -0.2) is 12.8 Å². The molecule has 0 radical (unpaired) electrons. The van der Waals surface area contributed by atoms with E-state index in [1.54, 1.807) is 0 Å². The summed E-state index contributed by atoms with van der Waals surface area (Å²) in [6.07, 6.45) is 4.62. The second-order valence-electron chi connectivity index (χ2n) is 8.45. The first-order chi connectivity index (χ1) is 15.7. The molecule has 1 unspecified atom stereocenters. The zero-order chi connectivity index (χ0) is 22.0. The van der Waals surface area contributed by atoms with Crippen molar-refractivity contribution in [3.63, 3.8) is 0 Å². The molecular formula is C29H29N2P. The summed E-state index contributed by atoms with van der Waals surface area (Å²) in [5.74, 6) is 0. The van der Waals surface area contributed by atoms with Crippen molar-refractivity contribution >= 4 is 34.6 Å². The third-order valence-electron chi connectivity index (χ3n) is 6.67. The van der Waals surface area contributed by atoms with Gasteiger partial charge >= 0.3 is 192 Å². The summed E-state index contributed by atoms with van der Waals surface area (Å²) in [4.78, 5) is 4.75. The molecule has 3 heteroatoms. The fourth-order valence-electron chi connectivity index (χ4n) is 4.85. The van der Waals surface area contributed by atoms with Gasteiger partial charge in [-0.15, -0.1) is 0 Å². The first kappa shape index (κ1) is 20.5. The van der Waals surface area contributed by atoms with Gasteiger partial charge in [0, 0.05) is 0 Å². The van der Waals surface area contributed by atoms with Gasteiger partial charge in [-0.2, -0.15) is 0 Å². The zero-order valence-electron chi connectivity index (χ0n) is 18.6. The summed E-state index contributed by atoms with van der Waals surface area (Å²) in [5.41, 5.74) is 2.50. The van der Waals surface area contributed by atoms with Crippen molar-refractivity contribution in [1.29, 1.82) is 0 Å². The number of nitrogens with zero attached hydrogens (tertiary/aromatic N) is 2. The molecule has 4 aromatic rings. The maximum atomic E-state index is 2.48. The van der Waals surface area contributed by atoms with E-state index >= 15 is 0 Å². The molecule has 0 amide bonds. The van der Waals surface area contributed by atoms with E-state index in [-0.39, 0.29) is 6.17 Å². The summed E-state index contributed by atoms with van der Waals surface area (Å²) in [7, 11) is -2.21. The first-order valence-corrected chi connectivity index (χ1v) is 13.7.